The van der Waals surface area contributed by atoms with Gasteiger partial charge in [0.05, 0.1) is 0 Å². The lowest BCUT2D eigenvalue weighted by Gasteiger charge is -2.29. The fraction of sp³-hybridized carbons (Fsp3) is 0.667. The third-order valence-corrected chi connectivity index (χ3v) is 3.76. The molecule has 0 heterocycles. The third-order valence-electron chi connectivity index (χ3n) is 3.42. The fourth-order valence-electron chi connectivity index (χ4n) is 2.55. The molecule has 0 radical (unpaired) electrons. The van der Waals surface area contributed by atoms with Crippen LogP contribution in [0.2, 0.25) is 5.02 Å². The average molecular weight is 283 g/mol. The van der Waals surface area contributed by atoms with Gasteiger partial charge in [-0.3, -0.25) is 0 Å². The Morgan fingerprint density at radius 1 is 1.05 bits per heavy atom. The highest BCUT2D eigenvalue weighted by molar-refractivity contribution is 6.31. The van der Waals surface area contributed by atoms with Gasteiger partial charge in [-0.05, 0) is 29.9 Å². The van der Waals surface area contributed by atoms with Gasteiger partial charge in [0, 0.05) is 5.02 Å². The van der Waals surface area contributed by atoms with Crippen LogP contribution >= 0.6 is 11.6 Å². The lowest BCUT2D eigenvalue weighted by atomic mass is 9.76. The Kier molecular flexibility index (Phi) is 11.1. The Labute approximate surface area is 125 Å². The predicted octanol–water partition coefficient (Wildman–Crippen LogP) is 7.08. The van der Waals surface area contributed by atoms with E-state index in [0.29, 0.717) is 5.92 Å². The Morgan fingerprint density at radius 2 is 1.58 bits per heavy atom. The molecule has 0 amide bonds. The van der Waals surface area contributed by atoms with Crippen LogP contribution < -0.4 is 0 Å². The molecule has 1 aromatic rings. The van der Waals surface area contributed by atoms with Crippen molar-refractivity contribution in [1.82, 2.24) is 0 Å². The molecule has 1 fully saturated rings. The SMILES string of the molecule is CC.CC1CCCCC1c1ccccc1Cl.CCC. The van der Waals surface area contributed by atoms with Crippen molar-refractivity contribution in [2.24, 2.45) is 5.92 Å². The van der Waals surface area contributed by atoms with Crippen LogP contribution in [0.25, 0.3) is 0 Å². The van der Waals surface area contributed by atoms with Gasteiger partial charge in [0.25, 0.3) is 0 Å². The van der Waals surface area contributed by atoms with Crippen molar-refractivity contribution < 1.29 is 0 Å². The number of rotatable bonds is 1. The first-order valence-corrected chi connectivity index (χ1v) is 8.32. The molecule has 0 bridgehead atoms. The molecule has 1 saturated carbocycles. The Balaban J connectivity index is 0.000000573. The predicted molar refractivity (Wildman–Crippen MR) is 89.1 cm³/mol. The number of halogens is 1. The summed E-state index contributed by atoms with van der Waals surface area (Å²) in [6, 6.07) is 8.31. The van der Waals surface area contributed by atoms with E-state index in [2.05, 4.69) is 32.9 Å². The van der Waals surface area contributed by atoms with Crippen LogP contribution in [0.5, 0.6) is 0 Å². The van der Waals surface area contributed by atoms with Gasteiger partial charge in [-0.25, -0.2) is 0 Å². The lowest BCUT2D eigenvalue weighted by molar-refractivity contribution is 0.331. The second kappa shape index (κ2) is 11.3. The molecule has 0 nitrogen and oxygen atoms in total. The van der Waals surface area contributed by atoms with Gasteiger partial charge in [-0.2, -0.15) is 0 Å². The van der Waals surface area contributed by atoms with E-state index in [9.17, 15) is 0 Å². The first-order valence-electron chi connectivity index (χ1n) is 7.95. The zero-order valence-corrected chi connectivity index (χ0v) is 14.1. The number of benzene rings is 1. The summed E-state index contributed by atoms with van der Waals surface area (Å²) in [6.45, 7) is 10.6. The molecule has 1 aliphatic carbocycles. The molecule has 0 saturated heterocycles. The summed E-state index contributed by atoms with van der Waals surface area (Å²) < 4.78 is 0. The first-order chi connectivity index (χ1) is 9.20. The molecule has 2 rings (SSSR count). The topological polar surface area (TPSA) is 0 Å². The van der Waals surface area contributed by atoms with Crippen molar-refractivity contribution in [1.29, 1.82) is 0 Å². The van der Waals surface area contributed by atoms with Crippen molar-refractivity contribution in [2.75, 3.05) is 0 Å². The maximum atomic E-state index is 6.22. The van der Waals surface area contributed by atoms with E-state index in [-0.39, 0.29) is 0 Å². The maximum Gasteiger partial charge on any atom is 0.0440 e. The van der Waals surface area contributed by atoms with Crippen LogP contribution in [0.15, 0.2) is 24.3 Å². The highest BCUT2D eigenvalue weighted by atomic mass is 35.5. The van der Waals surface area contributed by atoms with Crippen molar-refractivity contribution in [2.45, 2.75) is 72.6 Å². The van der Waals surface area contributed by atoms with Crippen LogP contribution in [-0.4, -0.2) is 0 Å². The maximum absolute atomic E-state index is 6.22. The summed E-state index contributed by atoms with van der Waals surface area (Å²) in [5.74, 6) is 1.49. The van der Waals surface area contributed by atoms with Gasteiger partial charge in [-0.1, -0.05) is 90.1 Å². The van der Waals surface area contributed by atoms with E-state index < -0.39 is 0 Å². The van der Waals surface area contributed by atoms with E-state index in [0.717, 1.165) is 10.9 Å². The standard InChI is InChI=1S/C13H17Cl.C3H8.C2H6/c1-10-6-2-3-7-11(10)12-8-4-5-9-13(12)14;1-3-2;1-2/h4-5,8-11H,2-3,6-7H2,1H3;3H2,1-2H3;1-2H3. The largest absolute Gasteiger partial charge is 0.0840 e. The quantitative estimate of drug-likeness (QED) is 0.516. The van der Waals surface area contributed by atoms with Gasteiger partial charge >= 0.3 is 0 Å². The minimum absolute atomic E-state index is 0.692. The molecular formula is C18H31Cl. The molecular weight excluding hydrogens is 252 g/mol. The van der Waals surface area contributed by atoms with Crippen molar-refractivity contribution in [3.63, 3.8) is 0 Å². The molecule has 0 aliphatic heterocycles. The summed E-state index contributed by atoms with van der Waals surface area (Å²) in [6.07, 6.45) is 6.67. The first kappa shape index (κ1) is 18.5. The summed E-state index contributed by atoms with van der Waals surface area (Å²) in [7, 11) is 0. The van der Waals surface area contributed by atoms with E-state index in [4.69, 9.17) is 11.6 Å². The summed E-state index contributed by atoms with van der Waals surface area (Å²) >= 11 is 6.22. The zero-order chi connectivity index (χ0) is 14.7. The van der Waals surface area contributed by atoms with Crippen LogP contribution in [-0.2, 0) is 0 Å². The molecule has 2 atom stereocenters. The van der Waals surface area contributed by atoms with Gasteiger partial charge in [0.15, 0.2) is 0 Å². The summed E-state index contributed by atoms with van der Waals surface area (Å²) in [5, 5.41) is 0.950. The molecule has 1 aliphatic rings. The van der Waals surface area contributed by atoms with Crippen molar-refractivity contribution >= 4 is 11.6 Å². The molecule has 0 aromatic heterocycles. The van der Waals surface area contributed by atoms with E-state index in [1.165, 1.54) is 37.7 Å². The number of hydrogen-bond acceptors (Lipinski definition) is 0. The van der Waals surface area contributed by atoms with E-state index in [1.54, 1.807) is 0 Å². The fourth-order valence-corrected chi connectivity index (χ4v) is 2.83. The molecule has 19 heavy (non-hydrogen) atoms. The monoisotopic (exact) mass is 282 g/mol. The van der Waals surface area contributed by atoms with Gasteiger partial charge in [-0.15, -0.1) is 0 Å². The average Bonchev–Trinajstić information content (AvgIpc) is 2.43. The van der Waals surface area contributed by atoms with Crippen LogP contribution in [0.1, 0.15) is 78.2 Å². The third kappa shape index (κ3) is 6.47. The minimum atomic E-state index is 0.692. The van der Waals surface area contributed by atoms with Crippen LogP contribution in [0.3, 0.4) is 0 Å². The smallest absolute Gasteiger partial charge is 0.0440 e. The lowest BCUT2D eigenvalue weighted by Crippen LogP contribution is -2.14. The number of hydrogen-bond donors (Lipinski definition) is 0. The highest BCUT2D eigenvalue weighted by Crippen LogP contribution is 2.39. The Bertz CT molecular complexity index is 319. The highest BCUT2D eigenvalue weighted by Gasteiger charge is 2.23. The Morgan fingerprint density at radius 3 is 2.11 bits per heavy atom. The second-order valence-electron chi connectivity index (χ2n) is 5.10. The molecule has 0 N–H and O–H groups in total. The van der Waals surface area contributed by atoms with Crippen LogP contribution in [0, 0.1) is 5.92 Å². The van der Waals surface area contributed by atoms with Crippen molar-refractivity contribution in [3.05, 3.63) is 34.9 Å². The van der Waals surface area contributed by atoms with Crippen LogP contribution in [0.4, 0.5) is 0 Å². The molecule has 0 spiro atoms. The second-order valence-corrected chi connectivity index (χ2v) is 5.50. The van der Waals surface area contributed by atoms with Gasteiger partial charge in [0.1, 0.15) is 0 Å². The molecule has 1 heteroatoms. The minimum Gasteiger partial charge on any atom is -0.0840 e. The molecule has 110 valence electrons. The van der Waals surface area contributed by atoms with E-state index in [1.807, 2.05) is 26.0 Å². The summed E-state index contributed by atoms with van der Waals surface area (Å²) in [4.78, 5) is 0. The van der Waals surface area contributed by atoms with Crippen molar-refractivity contribution in [3.8, 4) is 0 Å². The summed E-state index contributed by atoms with van der Waals surface area (Å²) in [5.41, 5.74) is 1.36. The Hall–Kier alpha value is -0.490. The normalized spacial score (nSPS) is 21.6. The zero-order valence-electron chi connectivity index (χ0n) is 13.4. The molecule has 1 aromatic carbocycles. The molecule has 2 unspecified atom stereocenters. The van der Waals surface area contributed by atoms with E-state index >= 15 is 0 Å². The van der Waals surface area contributed by atoms with Gasteiger partial charge < -0.3 is 0 Å². The van der Waals surface area contributed by atoms with Gasteiger partial charge in [0.2, 0.25) is 0 Å².